The summed E-state index contributed by atoms with van der Waals surface area (Å²) in [4.78, 5) is 0. The van der Waals surface area contributed by atoms with Crippen LogP contribution in [0.3, 0.4) is 0 Å². The molecule has 1 aliphatic rings. The maximum absolute atomic E-state index is 5.80. The van der Waals surface area contributed by atoms with E-state index in [-0.39, 0.29) is 0 Å². The molecular weight excluding hydrogens is 158 g/mol. The summed E-state index contributed by atoms with van der Waals surface area (Å²) >= 11 is 0. The van der Waals surface area contributed by atoms with Gasteiger partial charge in [-0.2, -0.15) is 0 Å². The summed E-state index contributed by atoms with van der Waals surface area (Å²) < 4.78 is 0. The third-order valence-corrected chi connectivity index (χ3v) is 4.06. The van der Waals surface area contributed by atoms with Gasteiger partial charge in [-0.1, -0.05) is 40.0 Å². The Morgan fingerprint density at radius 3 is 2.08 bits per heavy atom. The first-order valence-electron chi connectivity index (χ1n) is 5.80. The third-order valence-electron chi connectivity index (χ3n) is 4.06. The van der Waals surface area contributed by atoms with E-state index < -0.39 is 0 Å². The third kappa shape index (κ3) is 2.70. The largest absolute Gasteiger partial charge is 0.330 e. The minimum Gasteiger partial charge on any atom is -0.330 e. The molecule has 0 bridgehead atoms. The predicted octanol–water partition coefficient (Wildman–Crippen LogP) is 3.19. The Kier molecular flexibility index (Phi) is 3.78. The maximum Gasteiger partial charge on any atom is -0.00232 e. The topological polar surface area (TPSA) is 26.0 Å². The minimum absolute atomic E-state index is 0.374. The van der Waals surface area contributed by atoms with E-state index in [1.807, 2.05) is 0 Å². The lowest BCUT2D eigenvalue weighted by atomic mass is 9.68. The van der Waals surface area contributed by atoms with Gasteiger partial charge in [-0.05, 0) is 36.6 Å². The zero-order chi connectivity index (χ0) is 9.90. The molecular formula is C12H25N. The molecule has 0 amide bonds. The van der Waals surface area contributed by atoms with Crippen LogP contribution in [0.25, 0.3) is 0 Å². The van der Waals surface area contributed by atoms with Crippen molar-refractivity contribution in [1.29, 1.82) is 0 Å². The standard InChI is InChI=1S/C12H25N/c1-4-10-5-7-11(8-6-10)12(2,3)9-13/h10-11H,4-9,13H2,1-3H3. The Morgan fingerprint density at radius 1 is 1.15 bits per heavy atom. The summed E-state index contributed by atoms with van der Waals surface area (Å²) in [5.41, 5.74) is 6.18. The molecule has 0 heterocycles. The second-order valence-corrected chi connectivity index (χ2v) is 5.32. The molecule has 1 fully saturated rings. The van der Waals surface area contributed by atoms with Crippen LogP contribution in [0.1, 0.15) is 52.9 Å². The molecule has 0 unspecified atom stereocenters. The summed E-state index contributed by atoms with van der Waals surface area (Å²) in [7, 11) is 0. The van der Waals surface area contributed by atoms with E-state index in [4.69, 9.17) is 5.73 Å². The quantitative estimate of drug-likeness (QED) is 0.714. The van der Waals surface area contributed by atoms with Crippen molar-refractivity contribution < 1.29 is 0 Å². The molecule has 0 spiro atoms. The molecule has 0 atom stereocenters. The van der Waals surface area contributed by atoms with Crippen LogP contribution in [0.4, 0.5) is 0 Å². The summed E-state index contributed by atoms with van der Waals surface area (Å²) in [6.07, 6.45) is 7.05. The highest BCUT2D eigenvalue weighted by atomic mass is 14.6. The average molecular weight is 183 g/mol. The number of hydrogen-bond acceptors (Lipinski definition) is 1. The van der Waals surface area contributed by atoms with Gasteiger partial charge in [0.1, 0.15) is 0 Å². The van der Waals surface area contributed by atoms with Crippen LogP contribution < -0.4 is 5.73 Å². The Labute approximate surface area is 83.1 Å². The van der Waals surface area contributed by atoms with Gasteiger partial charge in [0.05, 0.1) is 0 Å². The SMILES string of the molecule is CCC1CCC(C(C)(C)CN)CC1. The molecule has 1 heteroatoms. The van der Waals surface area contributed by atoms with Gasteiger partial charge in [0.25, 0.3) is 0 Å². The van der Waals surface area contributed by atoms with Gasteiger partial charge in [-0.3, -0.25) is 0 Å². The van der Waals surface area contributed by atoms with Gasteiger partial charge >= 0.3 is 0 Å². The van der Waals surface area contributed by atoms with E-state index in [1.165, 1.54) is 32.1 Å². The van der Waals surface area contributed by atoms with Crippen LogP contribution in [0.5, 0.6) is 0 Å². The molecule has 0 aromatic rings. The second kappa shape index (κ2) is 4.45. The fourth-order valence-electron chi connectivity index (χ4n) is 2.52. The van der Waals surface area contributed by atoms with Crippen LogP contribution in [0, 0.1) is 17.3 Å². The Morgan fingerprint density at radius 2 is 1.69 bits per heavy atom. The van der Waals surface area contributed by atoms with E-state index in [0.29, 0.717) is 5.41 Å². The molecule has 0 saturated heterocycles. The van der Waals surface area contributed by atoms with Crippen LogP contribution >= 0.6 is 0 Å². The fraction of sp³-hybridized carbons (Fsp3) is 1.00. The molecule has 1 aliphatic carbocycles. The van der Waals surface area contributed by atoms with Crippen molar-refractivity contribution in [2.24, 2.45) is 23.0 Å². The zero-order valence-electron chi connectivity index (χ0n) is 9.47. The number of nitrogens with two attached hydrogens (primary N) is 1. The molecule has 2 N–H and O–H groups in total. The van der Waals surface area contributed by atoms with Crippen LogP contribution in [-0.4, -0.2) is 6.54 Å². The first-order valence-corrected chi connectivity index (χ1v) is 5.80. The lowest BCUT2D eigenvalue weighted by Gasteiger charge is -2.38. The highest BCUT2D eigenvalue weighted by Crippen LogP contribution is 2.40. The predicted molar refractivity (Wildman–Crippen MR) is 58.6 cm³/mol. The molecule has 1 nitrogen and oxygen atoms in total. The smallest absolute Gasteiger partial charge is 0.00232 e. The number of hydrogen-bond donors (Lipinski definition) is 1. The summed E-state index contributed by atoms with van der Waals surface area (Å²) in [5, 5.41) is 0. The van der Waals surface area contributed by atoms with Crippen LogP contribution in [-0.2, 0) is 0 Å². The van der Waals surface area contributed by atoms with Gasteiger partial charge in [0.2, 0.25) is 0 Å². The maximum atomic E-state index is 5.80. The Balaban J connectivity index is 2.40. The van der Waals surface area contributed by atoms with Crippen molar-refractivity contribution in [3.63, 3.8) is 0 Å². The molecule has 13 heavy (non-hydrogen) atoms. The summed E-state index contributed by atoms with van der Waals surface area (Å²) in [6, 6.07) is 0. The molecule has 0 radical (unpaired) electrons. The van der Waals surface area contributed by atoms with Gasteiger partial charge in [-0.15, -0.1) is 0 Å². The van der Waals surface area contributed by atoms with Crippen LogP contribution in [0.2, 0.25) is 0 Å². The molecule has 0 aromatic heterocycles. The van der Waals surface area contributed by atoms with E-state index in [2.05, 4.69) is 20.8 Å². The monoisotopic (exact) mass is 183 g/mol. The molecule has 1 saturated carbocycles. The second-order valence-electron chi connectivity index (χ2n) is 5.32. The normalized spacial score (nSPS) is 30.5. The van der Waals surface area contributed by atoms with Gasteiger partial charge < -0.3 is 5.73 Å². The molecule has 0 aromatic carbocycles. The molecule has 1 rings (SSSR count). The van der Waals surface area contributed by atoms with E-state index in [0.717, 1.165) is 18.4 Å². The van der Waals surface area contributed by atoms with Crippen molar-refractivity contribution in [3.05, 3.63) is 0 Å². The Bertz CT molecular complexity index is 143. The van der Waals surface area contributed by atoms with Crippen molar-refractivity contribution in [3.8, 4) is 0 Å². The first kappa shape index (κ1) is 11.0. The Hall–Kier alpha value is -0.0400. The first-order chi connectivity index (χ1) is 6.10. The van der Waals surface area contributed by atoms with Crippen molar-refractivity contribution in [2.45, 2.75) is 52.9 Å². The van der Waals surface area contributed by atoms with Crippen molar-refractivity contribution in [1.82, 2.24) is 0 Å². The summed E-state index contributed by atoms with van der Waals surface area (Å²) in [5.74, 6) is 1.88. The summed E-state index contributed by atoms with van der Waals surface area (Å²) in [6.45, 7) is 7.81. The van der Waals surface area contributed by atoms with Gasteiger partial charge in [0.15, 0.2) is 0 Å². The van der Waals surface area contributed by atoms with E-state index in [1.54, 1.807) is 0 Å². The fourth-order valence-corrected chi connectivity index (χ4v) is 2.52. The van der Waals surface area contributed by atoms with Crippen molar-refractivity contribution >= 4 is 0 Å². The van der Waals surface area contributed by atoms with E-state index >= 15 is 0 Å². The van der Waals surface area contributed by atoms with Crippen LogP contribution in [0.15, 0.2) is 0 Å². The lowest BCUT2D eigenvalue weighted by molar-refractivity contribution is 0.138. The average Bonchev–Trinajstić information content (AvgIpc) is 2.18. The molecule has 78 valence electrons. The van der Waals surface area contributed by atoms with Crippen molar-refractivity contribution in [2.75, 3.05) is 6.54 Å². The van der Waals surface area contributed by atoms with E-state index in [9.17, 15) is 0 Å². The zero-order valence-corrected chi connectivity index (χ0v) is 9.47. The lowest BCUT2D eigenvalue weighted by Crippen LogP contribution is -2.34. The highest BCUT2D eigenvalue weighted by Gasteiger charge is 2.31. The number of rotatable bonds is 3. The molecule has 0 aliphatic heterocycles. The highest BCUT2D eigenvalue weighted by molar-refractivity contribution is 4.83. The van der Waals surface area contributed by atoms with Gasteiger partial charge in [-0.25, -0.2) is 0 Å². The minimum atomic E-state index is 0.374. The van der Waals surface area contributed by atoms with Gasteiger partial charge in [0, 0.05) is 0 Å².